The summed E-state index contributed by atoms with van der Waals surface area (Å²) in [4.78, 5) is 16.9. The maximum Gasteiger partial charge on any atom is 0.244 e. The van der Waals surface area contributed by atoms with Gasteiger partial charge in [0, 0.05) is 22.9 Å². The average Bonchev–Trinajstić information content (AvgIpc) is 3.20. The highest BCUT2D eigenvalue weighted by Crippen LogP contribution is 2.35. The first kappa shape index (κ1) is 22.0. The van der Waals surface area contributed by atoms with Crippen LogP contribution in [0.4, 0.5) is 0 Å². The molecule has 7 nitrogen and oxygen atoms in total. The summed E-state index contributed by atoms with van der Waals surface area (Å²) in [7, 11) is 1.52. The molecule has 5 aromatic rings. The first-order chi connectivity index (χ1) is 17.0. The number of benzene rings is 3. The van der Waals surface area contributed by atoms with Crippen LogP contribution < -0.4 is 10.1 Å². The SMILES string of the molecule is COc1cc(-n2c3ccccc3c3cc(CNC(=O)/C=C/c4cccc(O)c4)ncc32)ccc1O. The lowest BCUT2D eigenvalue weighted by Gasteiger charge is -2.10. The Hall–Kier alpha value is -4.78. The topological polar surface area (TPSA) is 96.6 Å². The van der Waals surface area contributed by atoms with E-state index in [0.717, 1.165) is 38.8 Å². The molecule has 0 aliphatic heterocycles. The molecule has 1 amide bonds. The lowest BCUT2D eigenvalue weighted by atomic mass is 10.1. The molecule has 0 radical (unpaired) electrons. The van der Waals surface area contributed by atoms with Crippen LogP contribution >= 0.6 is 0 Å². The molecule has 35 heavy (non-hydrogen) atoms. The molecule has 0 fully saturated rings. The average molecular weight is 466 g/mol. The number of methoxy groups -OCH3 is 1. The van der Waals surface area contributed by atoms with Gasteiger partial charge < -0.3 is 24.8 Å². The predicted molar refractivity (Wildman–Crippen MR) is 136 cm³/mol. The van der Waals surface area contributed by atoms with E-state index in [1.807, 2.05) is 36.4 Å². The van der Waals surface area contributed by atoms with E-state index in [1.165, 1.54) is 13.2 Å². The van der Waals surface area contributed by atoms with Crippen LogP contribution in [0.1, 0.15) is 11.3 Å². The van der Waals surface area contributed by atoms with E-state index in [-0.39, 0.29) is 24.0 Å². The molecule has 0 saturated carbocycles. The summed E-state index contributed by atoms with van der Waals surface area (Å²) in [5.41, 5.74) is 4.19. The quantitative estimate of drug-likeness (QED) is 0.309. The number of para-hydroxylation sites is 1. The van der Waals surface area contributed by atoms with Gasteiger partial charge in [-0.25, -0.2) is 0 Å². The van der Waals surface area contributed by atoms with Gasteiger partial charge in [0.1, 0.15) is 5.75 Å². The molecule has 0 atom stereocenters. The Kier molecular flexibility index (Phi) is 5.81. The smallest absolute Gasteiger partial charge is 0.244 e. The van der Waals surface area contributed by atoms with Crippen molar-refractivity contribution >= 4 is 33.8 Å². The summed E-state index contributed by atoms with van der Waals surface area (Å²) in [5, 5.41) is 24.5. The normalized spacial score (nSPS) is 11.3. The number of phenolic OH excluding ortho intramolecular Hbond substituents is 2. The standard InChI is InChI=1S/C28H23N3O4/c1-35-27-15-20(10-11-26(27)33)31-24-8-3-2-7-22(24)23-14-19(29-17-25(23)31)16-30-28(34)12-9-18-5-4-6-21(32)13-18/h2-15,17,32-33H,16H2,1H3,(H,30,34)/b12-9+. The van der Waals surface area contributed by atoms with Gasteiger partial charge in [-0.05, 0) is 48.0 Å². The van der Waals surface area contributed by atoms with Crippen LogP contribution in [0.15, 0.2) is 85.1 Å². The number of hydrogen-bond donors (Lipinski definition) is 3. The van der Waals surface area contributed by atoms with Crippen molar-refractivity contribution in [2.45, 2.75) is 6.54 Å². The van der Waals surface area contributed by atoms with Gasteiger partial charge in [0.15, 0.2) is 11.5 Å². The van der Waals surface area contributed by atoms with E-state index < -0.39 is 0 Å². The minimum atomic E-state index is -0.256. The van der Waals surface area contributed by atoms with E-state index in [0.29, 0.717) is 5.75 Å². The monoisotopic (exact) mass is 465 g/mol. The largest absolute Gasteiger partial charge is 0.508 e. The Bertz CT molecular complexity index is 1590. The maximum atomic E-state index is 12.3. The van der Waals surface area contributed by atoms with Crippen molar-refractivity contribution in [1.82, 2.24) is 14.9 Å². The number of hydrogen-bond acceptors (Lipinski definition) is 5. The number of fused-ring (bicyclic) bond motifs is 3. The van der Waals surface area contributed by atoms with Gasteiger partial charge in [0.2, 0.25) is 5.91 Å². The highest BCUT2D eigenvalue weighted by atomic mass is 16.5. The van der Waals surface area contributed by atoms with Crippen LogP contribution in [-0.4, -0.2) is 32.8 Å². The van der Waals surface area contributed by atoms with Crippen LogP contribution in [0, 0.1) is 0 Å². The number of amides is 1. The van der Waals surface area contributed by atoms with Gasteiger partial charge in [-0.2, -0.15) is 0 Å². The molecular weight excluding hydrogens is 442 g/mol. The third-order valence-electron chi connectivity index (χ3n) is 5.78. The molecule has 2 aromatic heterocycles. The van der Waals surface area contributed by atoms with E-state index in [4.69, 9.17) is 4.74 Å². The third kappa shape index (κ3) is 4.39. The lowest BCUT2D eigenvalue weighted by molar-refractivity contribution is -0.116. The molecule has 0 unspecified atom stereocenters. The lowest BCUT2D eigenvalue weighted by Crippen LogP contribution is -2.20. The fourth-order valence-corrected chi connectivity index (χ4v) is 4.13. The Morgan fingerprint density at radius 2 is 1.86 bits per heavy atom. The Labute approximate surface area is 201 Å². The molecule has 7 heteroatoms. The number of ether oxygens (including phenoxy) is 1. The molecule has 174 valence electrons. The number of carbonyl (C=O) groups excluding carboxylic acids is 1. The first-order valence-corrected chi connectivity index (χ1v) is 11.0. The van der Waals surface area contributed by atoms with Crippen molar-refractivity contribution in [1.29, 1.82) is 0 Å². The number of carbonyl (C=O) groups is 1. The van der Waals surface area contributed by atoms with Gasteiger partial charge in [-0.15, -0.1) is 0 Å². The molecule has 0 bridgehead atoms. The third-order valence-corrected chi connectivity index (χ3v) is 5.78. The van der Waals surface area contributed by atoms with Gasteiger partial charge in [0.25, 0.3) is 0 Å². The van der Waals surface area contributed by atoms with Crippen LogP contribution in [0.3, 0.4) is 0 Å². The van der Waals surface area contributed by atoms with Crippen molar-refractivity contribution in [3.05, 3.63) is 96.3 Å². The van der Waals surface area contributed by atoms with Crippen LogP contribution in [0.25, 0.3) is 33.6 Å². The molecule has 0 aliphatic rings. The van der Waals surface area contributed by atoms with Crippen molar-refractivity contribution in [2.24, 2.45) is 0 Å². The zero-order chi connectivity index (χ0) is 24.4. The first-order valence-electron chi connectivity index (χ1n) is 11.0. The molecule has 0 spiro atoms. The fraction of sp³-hybridized carbons (Fsp3) is 0.0714. The summed E-state index contributed by atoms with van der Waals surface area (Å²) in [6.07, 6.45) is 4.86. The van der Waals surface area contributed by atoms with Gasteiger partial charge >= 0.3 is 0 Å². The highest BCUT2D eigenvalue weighted by Gasteiger charge is 2.15. The predicted octanol–water partition coefficient (Wildman–Crippen LogP) is 4.93. The molecule has 3 aromatic carbocycles. The van der Waals surface area contributed by atoms with Crippen LogP contribution in [-0.2, 0) is 11.3 Å². The van der Waals surface area contributed by atoms with Crippen molar-refractivity contribution in [3.8, 4) is 22.9 Å². The number of aromatic nitrogens is 2. The maximum absolute atomic E-state index is 12.3. The second-order valence-electron chi connectivity index (χ2n) is 8.05. The number of nitrogens with zero attached hydrogens (tertiary/aromatic N) is 2. The number of pyridine rings is 1. The second kappa shape index (κ2) is 9.23. The van der Waals surface area contributed by atoms with E-state index in [2.05, 4.69) is 14.9 Å². The summed E-state index contributed by atoms with van der Waals surface area (Å²) in [6.45, 7) is 0.270. The highest BCUT2D eigenvalue weighted by molar-refractivity contribution is 6.09. The minimum Gasteiger partial charge on any atom is -0.508 e. The zero-order valence-corrected chi connectivity index (χ0v) is 19.0. The van der Waals surface area contributed by atoms with Crippen molar-refractivity contribution < 1.29 is 19.7 Å². The number of phenols is 2. The van der Waals surface area contributed by atoms with E-state index in [9.17, 15) is 15.0 Å². The van der Waals surface area contributed by atoms with Crippen molar-refractivity contribution in [3.63, 3.8) is 0 Å². The molecule has 3 N–H and O–H groups in total. The summed E-state index contributed by atoms with van der Waals surface area (Å²) in [6, 6.07) is 21.9. The Morgan fingerprint density at radius 1 is 1.00 bits per heavy atom. The fourth-order valence-electron chi connectivity index (χ4n) is 4.13. The van der Waals surface area contributed by atoms with Gasteiger partial charge in [0.05, 0.1) is 42.3 Å². The minimum absolute atomic E-state index is 0.0753. The summed E-state index contributed by atoms with van der Waals surface area (Å²) in [5.74, 6) is 0.356. The summed E-state index contributed by atoms with van der Waals surface area (Å²) < 4.78 is 7.37. The second-order valence-corrected chi connectivity index (χ2v) is 8.05. The summed E-state index contributed by atoms with van der Waals surface area (Å²) >= 11 is 0. The number of rotatable bonds is 6. The number of aromatic hydroxyl groups is 2. The Balaban J connectivity index is 1.45. The molecular formula is C28H23N3O4. The van der Waals surface area contributed by atoms with E-state index >= 15 is 0 Å². The zero-order valence-electron chi connectivity index (χ0n) is 19.0. The van der Waals surface area contributed by atoms with Gasteiger partial charge in [-0.3, -0.25) is 9.78 Å². The Morgan fingerprint density at radius 3 is 2.69 bits per heavy atom. The van der Waals surface area contributed by atoms with Crippen LogP contribution in [0.2, 0.25) is 0 Å². The molecule has 0 aliphatic carbocycles. The van der Waals surface area contributed by atoms with Crippen molar-refractivity contribution in [2.75, 3.05) is 7.11 Å². The van der Waals surface area contributed by atoms with Crippen LogP contribution in [0.5, 0.6) is 17.2 Å². The van der Waals surface area contributed by atoms with E-state index in [1.54, 1.807) is 48.7 Å². The van der Waals surface area contributed by atoms with Gasteiger partial charge in [-0.1, -0.05) is 30.3 Å². The molecule has 2 heterocycles. The number of nitrogens with one attached hydrogen (secondary N) is 1. The molecule has 0 saturated heterocycles. The molecule has 5 rings (SSSR count).